The molecule has 1 amide bonds. The molecule has 1 aliphatic heterocycles. The van der Waals surface area contributed by atoms with Crippen molar-refractivity contribution in [1.29, 1.82) is 5.26 Å². The van der Waals surface area contributed by atoms with Gasteiger partial charge in [-0.1, -0.05) is 25.0 Å². The first-order valence-electron chi connectivity index (χ1n) is 9.31. The van der Waals surface area contributed by atoms with E-state index in [2.05, 4.69) is 23.1 Å². The van der Waals surface area contributed by atoms with Crippen molar-refractivity contribution in [2.24, 2.45) is 5.41 Å². The highest BCUT2D eigenvalue weighted by Gasteiger charge is 2.44. The van der Waals surface area contributed by atoms with Crippen molar-refractivity contribution in [3.8, 4) is 11.8 Å². The molecule has 25 heavy (non-hydrogen) atoms. The van der Waals surface area contributed by atoms with Gasteiger partial charge in [-0.25, -0.2) is 0 Å². The van der Waals surface area contributed by atoms with Crippen LogP contribution in [-0.2, 0) is 11.3 Å². The normalized spacial score (nSPS) is 20.2. The number of rotatable bonds is 5. The van der Waals surface area contributed by atoms with Gasteiger partial charge in [0.25, 0.3) is 0 Å². The molecule has 0 aromatic heterocycles. The van der Waals surface area contributed by atoms with Crippen molar-refractivity contribution in [3.63, 3.8) is 0 Å². The molecule has 1 aromatic carbocycles. The van der Waals surface area contributed by atoms with Gasteiger partial charge in [-0.15, -0.1) is 0 Å². The lowest BCUT2D eigenvalue weighted by Crippen LogP contribution is -2.52. The molecule has 0 bridgehead atoms. The van der Waals surface area contributed by atoms with E-state index in [1.165, 1.54) is 5.56 Å². The maximum Gasteiger partial charge on any atom is 0.243 e. The van der Waals surface area contributed by atoms with Crippen LogP contribution in [0.2, 0.25) is 0 Å². The summed E-state index contributed by atoms with van der Waals surface area (Å²) in [6, 6.07) is 10.5. The van der Waals surface area contributed by atoms with Crippen molar-refractivity contribution >= 4 is 5.91 Å². The third-order valence-corrected chi connectivity index (χ3v) is 5.38. The van der Waals surface area contributed by atoms with Crippen LogP contribution in [-0.4, -0.2) is 48.5 Å². The van der Waals surface area contributed by atoms with Gasteiger partial charge < -0.3 is 9.64 Å². The van der Waals surface area contributed by atoms with Crippen LogP contribution in [0.3, 0.4) is 0 Å². The van der Waals surface area contributed by atoms with Gasteiger partial charge in [0.05, 0.1) is 12.7 Å². The van der Waals surface area contributed by atoms with Crippen LogP contribution >= 0.6 is 0 Å². The van der Waals surface area contributed by atoms with Crippen molar-refractivity contribution in [2.75, 3.05) is 32.8 Å². The Hall–Kier alpha value is -2.06. The molecule has 1 saturated carbocycles. The Morgan fingerprint density at radius 2 is 1.80 bits per heavy atom. The molecule has 1 aromatic rings. The molecule has 1 aliphatic carbocycles. The first-order valence-corrected chi connectivity index (χ1v) is 9.31. The number of hydrogen-bond acceptors (Lipinski definition) is 4. The maximum atomic E-state index is 12.8. The summed E-state index contributed by atoms with van der Waals surface area (Å²) in [6.45, 7) is 6.72. The Kier molecular flexibility index (Phi) is 5.60. The van der Waals surface area contributed by atoms with Gasteiger partial charge in [0.2, 0.25) is 5.91 Å². The Morgan fingerprint density at radius 3 is 2.36 bits per heavy atom. The highest BCUT2D eigenvalue weighted by Crippen LogP contribution is 2.39. The van der Waals surface area contributed by atoms with E-state index in [1.807, 2.05) is 24.0 Å². The van der Waals surface area contributed by atoms with Crippen LogP contribution in [0.4, 0.5) is 0 Å². The van der Waals surface area contributed by atoms with Crippen LogP contribution in [0.5, 0.6) is 5.75 Å². The van der Waals surface area contributed by atoms with Crippen LogP contribution < -0.4 is 4.74 Å². The fourth-order valence-corrected chi connectivity index (χ4v) is 3.88. The predicted octanol–water partition coefficient (Wildman–Crippen LogP) is 2.81. The molecule has 0 unspecified atom stereocenters. The molecule has 5 nitrogen and oxygen atoms in total. The standard InChI is InChI=1S/C20H27N3O2/c1-2-25-18-7-5-17(6-8-18)15-22-11-13-23(14-12-22)19(24)20(16-21)9-3-4-10-20/h5-8H,2-4,9-15H2,1H3. The third-order valence-electron chi connectivity index (χ3n) is 5.38. The summed E-state index contributed by atoms with van der Waals surface area (Å²) in [5, 5.41) is 9.51. The molecule has 2 aliphatic rings. The molecule has 0 N–H and O–H groups in total. The first kappa shape index (κ1) is 17.8. The summed E-state index contributed by atoms with van der Waals surface area (Å²) in [5.41, 5.74) is 0.518. The molecule has 1 saturated heterocycles. The van der Waals surface area contributed by atoms with E-state index in [-0.39, 0.29) is 5.91 Å². The summed E-state index contributed by atoms with van der Waals surface area (Å²) >= 11 is 0. The summed E-state index contributed by atoms with van der Waals surface area (Å²) in [7, 11) is 0. The lowest BCUT2D eigenvalue weighted by atomic mass is 9.86. The highest BCUT2D eigenvalue weighted by atomic mass is 16.5. The zero-order valence-corrected chi connectivity index (χ0v) is 15.0. The molecule has 0 radical (unpaired) electrons. The van der Waals surface area contributed by atoms with Crippen LogP contribution in [0.1, 0.15) is 38.2 Å². The fourth-order valence-electron chi connectivity index (χ4n) is 3.88. The summed E-state index contributed by atoms with van der Waals surface area (Å²) in [5.74, 6) is 0.966. The number of amides is 1. The molecule has 2 fully saturated rings. The molecule has 0 spiro atoms. The molecular weight excluding hydrogens is 314 g/mol. The maximum absolute atomic E-state index is 12.8. The van der Waals surface area contributed by atoms with Crippen molar-refractivity contribution < 1.29 is 9.53 Å². The Bertz CT molecular complexity index is 621. The largest absolute Gasteiger partial charge is 0.494 e. The number of ether oxygens (including phenoxy) is 1. The van der Waals surface area contributed by atoms with Crippen molar-refractivity contribution in [3.05, 3.63) is 29.8 Å². The highest BCUT2D eigenvalue weighted by molar-refractivity contribution is 5.86. The monoisotopic (exact) mass is 341 g/mol. The molecule has 0 atom stereocenters. The number of piperazine rings is 1. The predicted molar refractivity (Wildman–Crippen MR) is 96.0 cm³/mol. The Labute approximate surface area is 150 Å². The van der Waals surface area contributed by atoms with E-state index in [9.17, 15) is 10.1 Å². The second-order valence-corrected chi connectivity index (χ2v) is 7.05. The second kappa shape index (κ2) is 7.88. The topological polar surface area (TPSA) is 56.6 Å². The third kappa shape index (κ3) is 3.96. The molecule has 3 rings (SSSR count). The van der Waals surface area contributed by atoms with Gasteiger partial charge in [-0.2, -0.15) is 5.26 Å². The van der Waals surface area contributed by atoms with Crippen LogP contribution in [0.25, 0.3) is 0 Å². The fraction of sp³-hybridized carbons (Fsp3) is 0.600. The average Bonchev–Trinajstić information content (AvgIpc) is 3.14. The second-order valence-electron chi connectivity index (χ2n) is 7.05. The van der Waals surface area contributed by atoms with Crippen molar-refractivity contribution in [2.45, 2.75) is 39.2 Å². The van der Waals surface area contributed by atoms with Gasteiger partial charge in [-0.3, -0.25) is 9.69 Å². The van der Waals surface area contributed by atoms with Gasteiger partial charge in [0.15, 0.2) is 0 Å². The van der Waals surface area contributed by atoms with Gasteiger partial charge >= 0.3 is 0 Å². The SMILES string of the molecule is CCOc1ccc(CN2CCN(C(=O)C3(C#N)CCCC3)CC2)cc1. The average molecular weight is 341 g/mol. The van der Waals surface area contributed by atoms with Crippen molar-refractivity contribution in [1.82, 2.24) is 9.80 Å². The minimum atomic E-state index is -0.739. The number of nitriles is 1. The number of hydrogen-bond donors (Lipinski definition) is 0. The van der Waals surface area contributed by atoms with Crippen LogP contribution in [0.15, 0.2) is 24.3 Å². The minimum Gasteiger partial charge on any atom is -0.494 e. The number of carbonyl (C=O) groups is 1. The zero-order chi connectivity index (χ0) is 17.7. The summed E-state index contributed by atoms with van der Waals surface area (Å²) in [4.78, 5) is 17.1. The van der Waals surface area contributed by atoms with Gasteiger partial charge in [0, 0.05) is 32.7 Å². The summed E-state index contributed by atoms with van der Waals surface area (Å²) < 4.78 is 5.48. The minimum absolute atomic E-state index is 0.0632. The summed E-state index contributed by atoms with van der Waals surface area (Å²) in [6.07, 6.45) is 3.46. The number of carbonyl (C=O) groups excluding carboxylic acids is 1. The van der Waals surface area contributed by atoms with E-state index < -0.39 is 5.41 Å². The molecule has 5 heteroatoms. The number of nitrogens with zero attached hydrogens (tertiary/aromatic N) is 3. The van der Waals surface area contributed by atoms with Gasteiger partial charge in [0.1, 0.15) is 11.2 Å². The number of benzene rings is 1. The van der Waals surface area contributed by atoms with E-state index in [0.29, 0.717) is 6.61 Å². The Morgan fingerprint density at radius 1 is 1.16 bits per heavy atom. The van der Waals surface area contributed by atoms with Gasteiger partial charge in [-0.05, 0) is 37.5 Å². The lowest BCUT2D eigenvalue weighted by Gasteiger charge is -2.37. The Balaban J connectivity index is 1.51. The van der Waals surface area contributed by atoms with Crippen LogP contribution in [0, 0.1) is 16.7 Å². The van der Waals surface area contributed by atoms with E-state index in [4.69, 9.17) is 4.74 Å². The molecule has 1 heterocycles. The molecule has 134 valence electrons. The lowest BCUT2D eigenvalue weighted by molar-refractivity contribution is -0.140. The molecular formula is C20H27N3O2. The smallest absolute Gasteiger partial charge is 0.243 e. The van der Waals surface area contributed by atoms with E-state index in [1.54, 1.807) is 0 Å². The zero-order valence-electron chi connectivity index (χ0n) is 15.0. The van der Waals surface area contributed by atoms with E-state index in [0.717, 1.165) is 64.2 Å². The quantitative estimate of drug-likeness (QED) is 0.826. The first-order chi connectivity index (χ1) is 12.2. The van der Waals surface area contributed by atoms with E-state index >= 15 is 0 Å².